The number of aryl methyl sites for hydroxylation is 1. The zero-order valence-electron chi connectivity index (χ0n) is 9.62. The molecule has 0 spiro atoms. The first-order valence-corrected chi connectivity index (χ1v) is 6.55. The summed E-state index contributed by atoms with van der Waals surface area (Å²) >= 11 is 1.68. The van der Waals surface area contributed by atoms with Crippen LogP contribution < -0.4 is 15.0 Å². The van der Waals surface area contributed by atoms with Crippen molar-refractivity contribution in [2.24, 2.45) is 0 Å². The van der Waals surface area contributed by atoms with Crippen LogP contribution in [0, 0.1) is 0 Å². The Bertz CT molecular complexity index is 326. The van der Waals surface area contributed by atoms with Gasteiger partial charge in [0, 0.05) is 38.7 Å². The first kappa shape index (κ1) is 11.7. The molecule has 1 aliphatic heterocycles. The van der Waals surface area contributed by atoms with E-state index in [9.17, 15) is 0 Å². The van der Waals surface area contributed by atoms with Gasteiger partial charge < -0.3 is 5.32 Å². The van der Waals surface area contributed by atoms with Crippen molar-refractivity contribution >= 4 is 18.0 Å². The summed E-state index contributed by atoms with van der Waals surface area (Å²) in [5.74, 6) is 1.07. The lowest BCUT2D eigenvalue weighted by atomic mass is 10.3. The van der Waals surface area contributed by atoms with Crippen LogP contribution in [0.2, 0.25) is 0 Å². The van der Waals surface area contributed by atoms with Crippen molar-refractivity contribution in [2.45, 2.75) is 13.3 Å². The second-order valence-electron chi connectivity index (χ2n) is 3.82. The predicted octanol–water partition coefficient (Wildman–Crippen LogP) is 0.943. The number of aromatic amines is 1. The Morgan fingerprint density at radius 1 is 1.44 bits per heavy atom. The average Bonchev–Trinajstić information content (AvgIpc) is 2.38. The van der Waals surface area contributed by atoms with Gasteiger partial charge >= 0.3 is 0 Å². The van der Waals surface area contributed by atoms with Crippen molar-refractivity contribution < 1.29 is 4.98 Å². The van der Waals surface area contributed by atoms with Gasteiger partial charge in [-0.15, -0.1) is 0 Å². The summed E-state index contributed by atoms with van der Waals surface area (Å²) in [6.07, 6.45) is 1.04. The minimum absolute atomic E-state index is 1.04. The summed E-state index contributed by atoms with van der Waals surface area (Å²) in [6, 6.07) is 6.25. The number of piperazine rings is 1. The highest BCUT2D eigenvalue weighted by Crippen LogP contribution is 2.12. The molecule has 88 valence electrons. The SMILES string of the molecule is CCc1cccc(NSN2CCNCC2)[nH+]1. The van der Waals surface area contributed by atoms with E-state index >= 15 is 0 Å². The van der Waals surface area contributed by atoms with Gasteiger partial charge in [0.1, 0.15) is 17.8 Å². The Balaban J connectivity index is 1.83. The molecule has 0 saturated carbocycles. The van der Waals surface area contributed by atoms with E-state index < -0.39 is 0 Å². The van der Waals surface area contributed by atoms with Gasteiger partial charge in [-0.1, -0.05) is 13.0 Å². The highest BCUT2D eigenvalue weighted by Gasteiger charge is 2.13. The Morgan fingerprint density at radius 2 is 2.25 bits per heavy atom. The number of nitrogens with one attached hydrogen (secondary N) is 3. The van der Waals surface area contributed by atoms with Crippen LogP contribution in [0.1, 0.15) is 12.6 Å². The third-order valence-electron chi connectivity index (χ3n) is 2.60. The Labute approximate surface area is 101 Å². The van der Waals surface area contributed by atoms with Gasteiger partial charge in [-0.05, 0) is 6.07 Å². The standard InChI is InChI=1S/C11H18N4S/c1-2-10-4-3-5-11(13-10)14-16-15-8-6-12-7-9-15/h3-5,12H,2,6-9H2,1H3,(H,13,14)/p+1. The first-order valence-electron chi connectivity index (χ1n) is 5.78. The molecule has 0 aromatic carbocycles. The minimum atomic E-state index is 1.04. The van der Waals surface area contributed by atoms with E-state index in [1.165, 1.54) is 5.69 Å². The fraction of sp³-hybridized carbons (Fsp3) is 0.545. The molecular weight excluding hydrogens is 220 g/mol. The lowest BCUT2D eigenvalue weighted by molar-refractivity contribution is -0.372. The molecule has 1 fully saturated rings. The lowest BCUT2D eigenvalue weighted by Gasteiger charge is -2.22. The van der Waals surface area contributed by atoms with Gasteiger partial charge in [0.25, 0.3) is 5.82 Å². The first-order chi connectivity index (χ1) is 7.88. The number of nitrogens with zero attached hydrogens (tertiary/aromatic N) is 1. The molecule has 0 amide bonds. The summed E-state index contributed by atoms with van der Waals surface area (Å²) in [5.41, 5.74) is 1.26. The molecule has 1 aromatic heterocycles. The molecule has 0 bridgehead atoms. The molecule has 16 heavy (non-hydrogen) atoms. The average molecular weight is 239 g/mol. The van der Waals surface area contributed by atoms with Gasteiger partial charge in [-0.25, -0.2) is 9.29 Å². The number of rotatable bonds is 4. The highest BCUT2D eigenvalue weighted by atomic mass is 32.2. The molecule has 2 heterocycles. The molecule has 0 unspecified atom stereocenters. The topological polar surface area (TPSA) is 41.4 Å². The van der Waals surface area contributed by atoms with Crippen LogP contribution in [0.15, 0.2) is 18.2 Å². The van der Waals surface area contributed by atoms with Crippen molar-refractivity contribution in [1.29, 1.82) is 0 Å². The molecule has 0 atom stereocenters. The van der Waals surface area contributed by atoms with Crippen LogP contribution >= 0.6 is 12.1 Å². The normalized spacial score (nSPS) is 17.3. The van der Waals surface area contributed by atoms with E-state index in [-0.39, 0.29) is 0 Å². The van der Waals surface area contributed by atoms with Gasteiger partial charge in [0.2, 0.25) is 0 Å². The van der Waals surface area contributed by atoms with Crippen molar-refractivity contribution in [2.75, 3.05) is 30.9 Å². The second-order valence-corrected chi connectivity index (χ2v) is 4.72. The summed E-state index contributed by atoms with van der Waals surface area (Å²) in [5, 5.41) is 3.34. The largest absolute Gasteiger partial charge is 0.314 e. The van der Waals surface area contributed by atoms with Crippen LogP contribution in [0.25, 0.3) is 0 Å². The molecule has 1 saturated heterocycles. The van der Waals surface area contributed by atoms with Gasteiger partial charge in [0.05, 0.1) is 0 Å². The maximum absolute atomic E-state index is 3.36. The molecule has 1 aromatic rings. The quantitative estimate of drug-likeness (QED) is 0.768. The second kappa shape index (κ2) is 6.08. The van der Waals surface area contributed by atoms with Gasteiger partial charge in [0.15, 0.2) is 0 Å². The summed E-state index contributed by atoms with van der Waals surface area (Å²) in [4.78, 5) is 3.36. The molecule has 3 N–H and O–H groups in total. The van der Waals surface area contributed by atoms with Crippen LogP contribution in [0.4, 0.5) is 5.82 Å². The van der Waals surface area contributed by atoms with Crippen molar-refractivity contribution in [3.05, 3.63) is 23.9 Å². The van der Waals surface area contributed by atoms with Crippen LogP contribution in [0.3, 0.4) is 0 Å². The number of hydrogen-bond acceptors (Lipinski definition) is 4. The Kier molecular flexibility index (Phi) is 4.44. The monoisotopic (exact) mass is 239 g/mol. The van der Waals surface area contributed by atoms with Crippen LogP contribution in [-0.2, 0) is 6.42 Å². The van der Waals surface area contributed by atoms with Gasteiger partial charge in [-0.3, -0.25) is 0 Å². The molecule has 1 aliphatic rings. The smallest absolute Gasteiger partial charge is 0.284 e. The maximum Gasteiger partial charge on any atom is 0.284 e. The highest BCUT2D eigenvalue weighted by molar-refractivity contribution is 7.98. The van der Waals surface area contributed by atoms with E-state index in [2.05, 4.69) is 44.5 Å². The Hall–Kier alpha value is -0.780. The summed E-state index contributed by atoms with van der Waals surface area (Å²) < 4.78 is 5.68. The van der Waals surface area contributed by atoms with E-state index in [0.717, 1.165) is 38.4 Å². The fourth-order valence-electron chi connectivity index (χ4n) is 1.63. The zero-order chi connectivity index (χ0) is 11.2. The molecule has 0 radical (unpaired) electrons. The molecule has 2 rings (SSSR count). The van der Waals surface area contributed by atoms with Crippen molar-refractivity contribution in [3.8, 4) is 0 Å². The van der Waals surface area contributed by atoms with E-state index in [4.69, 9.17) is 0 Å². The number of aromatic nitrogens is 1. The van der Waals surface area contributed by atoms with E-state index in [1.807, 2.05) is 0 Å². The molecule has 5 heteroatoms. The van der Waals surface area contributed by atoms with E-state index in [0.29, 0.717) is 0 Å². The fourth-order valence-corrected chi connectivity index (χ4v) is 2.34. The Morgan fingerprint density at radius 3 is 3.00 bits per heavy atom. The number of anilines is 1. The van der Waals surface area contributed by atoms with Crippen LogP contribution in [-0.4, -0.2) is 30.5 Å². The summed E-state index contributed by atoms with van der Waals surface area (Å²) in [7, 11) is 0. The summed E-state index contributed by atoms with van der Waals surface area (Å²) in [6.45, 7) is 6.48. The predicted molar refractivity (Wildman–Crippen MR) is 68.0 cm³/mol. The van der Waals surface area contributed by atoms with Crippen molar-refractivity contribution in [3.63, 3.8) is 0 Å². The molecule has 4 nitrogen and oxygen atoms in total. The number of H-pyrrole nitrogens is 1. The lowest BCUT2D eigenvalue weighted by Crippen LogP contribution is -2.40. The molecular formula is C11H19N4S+. The third kappa shape index (κ3) is 3.37. The van der Waals surface area contributed by atoms with Crippen LogP contribution in [0.5, 0.6) is 0 Å². The van der Waals surface area contributed by atoms with E-state index in [1.54, 1.807) is 12.1 Å². The zero-order valence-corrected chi connectivity index (χ0v) is 10.4. The maximum atomic E-state index is 3.36. The minimum Gasteiger partial charge on any atom is -0.314 e. The van der Waals surface area contributed by atoms with Gasteiger partial charge in [-0.2, -0.15) is 4.72 Å². The number of pyridine rings is 1. The number of hydrogen-bond donors (Lipinski definition) is 2. The molecule has 0 aliphatic carbocycles. The third-order valence-corrected chi connectivity index (χ3v) is 3.53. The van der Waals surface area contributed by atoms with Crippen molar-refractivity contribution in [1.82, 2.24) is 9.62 Å².